The lowest BCUT2D eigenvalue weighted by Gasteiger charge is -2.05. The van der Waals surface area contributed by atoms with Gasteiger partial charge in [0.05, 0.1) is 9.82 Å². The first-order valence-electron chi connectivity index (χ1n) is 4.18. The van der Waals surface area contributed by atoms with Crippen LogP contribution in [0.2, 0.25) is 0 Å². The largest absolute Gasteiger partial charge is 0.366 e. The Bertz CT molecular complexity index is 611. The smallest absolute Gasteiger partial charge is 0.274 e. The van der Waals surface area contributed by atoms with Crippen molar-refractivity contribution >= 4 is 31.3 Å². The Kier molecular flexibility index (Phi) is 3.39. The third-order valence-corrected chi connectivity index (χ3v) is 3.52. The van der Waals surface area contributed by atoms with Crippen LogP contribution in [0.1, 0.15) is 15.9 Å². The number of nitro groups is 1. The number of nitrogens with zero attached hydrogens (tertiary/aromatic N) is 1. The van der Waals surface area contributed by atoms with Gasteiger partial charge in [-0.05, 0) is 13.0 Å². The Labute approximate surface area is 101 Å². The fraction of sp³-hybridized carbons (Fsp3) is 0.125. The Morgan fingerprint density at radius 2 is 2.00 bits per heavy atom. The molecule has 7 nitrogen and oxygen atoms in total. The fourth-order valence-electron chi connectivity index (χ4n) is 1.26. The van der Waals surface area contributed by atoms with Crippen LogP contribution in [-0.4, -0.2) is 19.2 Å². The summed E-state index contributed by atoms with van der Waals surface area (Å²) in [7, 11) is 0.929. The molecule has 0 aliphatic rings. The van der Waals surface area contributed by atoms with Gasteiger partial charge in [-0.1, -0.05) is 0 Å². The lowest BCUT2D eigenvalue weighted by Crippen LogP contribution is -2.13. The highest BCUT2D eigenvalue weighted by Gasteiger charge is 2.24. The van der Waals surface area contributed by atoms with Gasteiger partial charge in [-0.15, -0.1) is 0 Å². The van der Waals surface area contributed by atoms with Crippen molar-refractivity contribution in [3.8, 4) is 0 Å². The minimum absolute atomic E-state index is 0.144. The van der Waals surface area contributed by atoms with Crippen molar-refractivity contribution in [1.29, 1.82) is 0 Å². The molecule has 17 heavy (non-hydrogen) atoms. The number of rotatable bonds is 3. The van der Waals surface area contributed by atoms with Crippen LogP contribution in [0, 0.1) is 17.0 Å². The average Bonchev–Trinajstić information content (AvgIpc) is 2.15. The van der Waals surface area contributed by atoms with E-state index in [1.54, 1.807) is 0 Å². The summed E-state index contributed by atoms with van der Waals surface area (Å²) >= 11 is 0. The minimum atomic E-state index is -4.19. The predicted molar refractivity (Wildman–Crippen MR) is 59.4 cm³/mol. The van der Waals surface area contributed by atoms with Gasteiger partial charge >= 0.3 is 0 Å². The quantitative estimate of drug-likeness (QED) is 0.501. The van der Waals surface area contributed by atoms with E-state index in [1.165, 1.54) is 6.92 Å². The number of nitrogens with two attached hydrogens (primary N) is 1. The van der Waals surface area contributed by atoms with E-state index in [0.717, 1.165) is 12.1 Å². The maximum Gasteiger partial charge on any atom is 0.274 e. The number of carbonyl (C=O) groups excluding carboxylic acids is 1. The van der Waals surface area contributed by atoms with E-state index in [-0.39, 0.29) is 11.1 Å². The molecular formula is C8H7ClN2O5S. The van der Waals surface area contributed by atoms with Gasteiger partial charge in [0.1, 0.15) is 0 Å². The van der Waals surface area contributed by atoms with Gasteiger partial charge < -0.3 is 5.73 Å². The molecule has 0 bridgehead atoms. The molecule has 0 saturated heterocycles. The van der Waals surface area contributed by atoms with Crippen molar-refractivity contribution in [2.45, 2.75) is 11.8 Å². The van der Waals surface area contributed by atoms with Crippen LogP contribution in [0.3, 0.4) is 0 Å². The van der Waals surface area contributed by atoms with Gasteiger partial charge in [-0.2, -0.15) is 0 Å². The van der Waals surface area contributed by atoms with E-state index in [4.69, 9.17) is 16.4 Å². The van der Waals surface area contributed by atoms with E-state index >= 15 is 0 Å². The summed E-state index contributed by atoms with van der Waals surface area (Å²) in [5.74, 6) is -0.977. The van der Waals surface area contributed by atoms with Crippen LogP contribution < -0.4 is 5.73 Å². The molecule has 0 spiro atoms. The molecular weight excluding hydrogens is 272 g/mol. The molecule has 0 heterocycles. The normalized spacial score (nSPS) is 11.2. The SMILES string of the molecule is Cc1c([N+](=O)[O-])cc(C(N)=O)cc1S(=O)(=O)Cl. The zero-order valence-corrected chi connectivity index (χ0v) is 10.1. The number of primary amides is 1. The molecule has 0 saturated carbocycles. The van der Waals surface area contributed by atoms with Crippen LogP contribution in [0.25, 0.3) is 0 Å². The highest BCUT2D eigenvalue weighted by atomic mass is 35.7. The molecule has 0 unspecified atom stereocenters. The van der Waals surface area contributed by atoms with Gasteiger partial charge in [0.2, 0.25) is 5.91 Å². The molecule has 0 aliphatic heterocycles. The van der Waals surface area contributed by atoms with Crippen LogP contribution in [-0.2, 0) is 9.05 Å². The summed E-state index contributed by atoms with van der Waals surface area (Å²) in [5, 5.41) is 10.7. The summed E-state index contributed by atoms with van der Waals surface area (Å²) in [4.78, 5) is 20.3. The Hall–Kier alpha value is -1.67. The van der Waals surface area contributed by atoms with E-state index < -0.39 is 30.5 Å². The third-order valence-electron chi connectivity index (χ3n) is 2.08. The van der Waals surface area contributed by atoms with Crippen molar-refractivity contribution < 1.29 is 18.1 Å². The zero-order valence-electron chi connectivity index (χ0n) is 8.51. The molecule has 1 amide bonds. The fourth-order valence-corrected chi connectivity index (χ4v) is 2.48. The lowest BCUT2D eigenvalue weighted by molar-refractivity contribution is -0.385. The molecule has 9 heteroatoms. The molecule has 1 rings (SSSR count). The standard InChI is InChI=1S/C8H7ClN2O5S/c1-4-6(11(13)14)2-5(8(10)12)3-7(4)17(9,15)16/h2-3H,1H3,(H2,10,12). The van der Waals surface area contributed by atoms with Gasteiger partial charge in [-0.25, -0.2) is 8.42 Å². The minimum Gasteiger partial charge on any atom is -0.366 e. The van der Waals surface area contributed by atoms with Crippen molar-refractivity contribution in [1.82, 2.24) is 0 Å². The highest BCUT2D eigenvalue weighted by molar-refractivity contribution is 8.13. The number of benzene rings is 1. The first-order chi connectivity index (χ1) is 7.64. The number of halogens is 1. The number of amides is 1. The van der Waals surface area contributed by atoms with Crippen molar-refractivity contribution in [3.63, 3.8) is 0 Å². The summed E-state index contributed by atoms with van der Waals surface area (Å²) in [6.45, 7) is 1.22. The monoisotopic (exact) mass is 278 g/mol. The second kappa shape index (κ2) is 4.30. The van der Waals surface area contributed by atoms with Crippen LogP contribution in [0.5, 0.6) is 0 Å². The van der Waals surface area contributed by atoms with Gasteiger partial charge in [-0.3, -0.25) is 14.9 Å². The maximum atomic E-state index is 11.2. The number of carbonyl (C=O) groups is 1. The Morgan fingerprint density at radius 1 is 1.47 bits per heavy atom. The second-order valence-corrected chi connectivity index (χ2v) is 5.71. The Morgan fingerprint density at radius 3 is 2.35 bits per heavy atom. The maximum absolute atomic E-state index is 11.2. The van der Waals surface area contributed by atoms with Gasteiger partial charge in [0.15, 0.2) is 0 Å². The predicted octanol–water partition coefficient (Wildman–Crippen LogP) is 0.930. The van der Waals surface area contributed by atoms with Crippen LogP contribution >= 0.6 is 10.7 Å². The van der Waals surface area contributed by atoms with Crippen molar-refractivity contribution in [2.24, 2.45) is 5.73 Å². The van der Waals surface area contributed by atoms with Crippen LogP contribution in [0.15, 0.2) is 17.0 Å². The number of hydrogen-bond acceptors (Lipinski definition) is 5. The zero-order chi connectivity index (χ0) is 13.4. The molecule has 0 aromatic heterocycles. The van der Waals surface area contributed by atoms with Crippen molar-refractivity contribution in [3.05, 3.63) is 33.4 Å². The summed E-state index contributed by atoms with van der Waals surface area (Å²) in [6.07, 6.45) is 0. The first-order valence-corrected chi connectivity index (χ1v) is 6.49. The second-order valence-electron chi connectivity index (χ2n) is 3.18. The highest BCUT2D eigenvalue weighted by Crippen LogP contribution is 2.29. The average molecular weight is 279 g/mol. The lowest BCUT2D eigenvalue weighted by atomic mass is 10.1. The van der Waals surface area contributed by atoms with Crippen LogP contribution in [0.4, 0.5) is 5.69 Å². The molecule has 0 atom stereocenters. The van der Waals surface area contributed by atoms with E-state index in [9.17, 15) is 23.3 Å². The molecule has 0 radical (unpaired) electrons. The number of nitro benzene ring substituents is 1. The molecule has 1 aromatic carbocycles. The van der Waals surface area contributed by atoms with Gasteiger partial charge in [0, 0.05) is 27.9 Å². The summed E-state index contributed by atoms with van der Waals surface area (Å²) in [6, 6.07) is 1.82. The first kappa shape index (κ1) is 13.4. The van der Waals surface area contributed by atoms with E-state index in [2.05, 4.69) is 0 Å². The molecule has 0 fully saturated rings. The molecule has 0 aliphatic carbocycles. The summed E-state index contributed by atoms with van der Waals surface area (Å²) < 4.78 is 22.4. The summed E-state index contributed by atoms with van der Waals surface area (Å²) in [5.41, 5.74) is 3.98. The van der Waals surface area contributed by atoms with E-state index in [1.807, 2.05) is 0 Å². The Balaban J connectivity index is 3.73. The third kappa shape index (κ3) is 2.71. The molecule has 2 N–H and O–H groups in total. The topological polar surface area (TPSA) is 120 Å². The molecule has 1 aromatic rings. The van der Waals surface area contributed by atoms with Crippen molar-refractivity contribution in [2.75, 3.05) is 0 Å². The molecule has 92 valence electrons. The van der Waals surface area contributed by atoms with E-state index in [0.29, 0.717) is 0 Å². The number of hydrogen-bond donors (Lipinski definition) is 1. The van der Waals surface area contributed by atoms with Gasteiger partial charge in [0.25, 0.3) is 14.7 Å².